The molecule has 0 amide bonds. The molecule has 1 heterocycles. The molecule has 90 valence electrons. The third-order valence-corrected chi connectivity index (χ3v) is 2.31. The fraction of sp³-hybridized carbons (Fsp3) is 0.444. The zero-order valence-corrected chi connectivity index (χ0v) is 10.1. The Balaban J connectivity index is 3.11. The number of aryl methyl sites for hydroxylation is 1. The van der Waals surface area contributed by atoms with E-state index in [0.29, 0.717) is 11.0 Å². The fourth-order valence-corrected chi connectivity index (χ4v) is 1.52. The van der Waals surface area contributed by atoms with Crippen LogP contribution in [0.2, 0.25) is 0 Å². The van der Waals surface area contributed by atoms with Gasteiger partial charge in [-0.1, -0.05) is 15.9 Å². The summed E-state index contributed by atoms with van der Waals surface area (Å²) in [6.45, 7) is 1.44. The first-order valence-electron chi connectivity index (χ1n) is 4.23. The molecule has 0 bridgehead atoms. The number of hydrogen-bond donors (Lipinski definition) is 0. The fourth-order valence-electron chi connectivity index (χ4n) is 1.12. The standard InChI is InChI=1S/C9H9BrF3NO2/c1-5-7(16-9(11,12)13)3-8(15-2)6(4-10)14-5/h3H,4H2,1-2H3. The molecule has 7 heteroatoms. The van der Waals surface area contributed by atoms with Crippen molar-refractivity contribution in [2.45, 2.75) is 18.6 Å². The molecule has 0 unspecified atom stereocenters. The number of hydrogen-bond acceptors (Lipinski definition) is 3. The molecular formula is C9H9BrF3NO2. The highest BCUT2D eigenvalue weighted by Gasteiger charge is 2.32. The number of halogens is 4. The maximum atomic E-state index is 12.0. The first-order valence-corrected chi connectivity index (χ1v) is 5.35. The van der Waals surface area contributed by atoms with E-state index in [1.165, 1.54) is 20.1 Å². The van der Waals surface area contributed by atoms with Crippen molar-refractivity contribution in [3.8, 4) is 11.5 Å². The second kappa shape index (κ2) is 4.90. The molecule has 0 radical (unpaired) electrons. The molecule has 0 atom stereocenters. The van der Waals surface area contributed by atoms with Crippen LogP contribution in [0.5, 0.6) is 11.5 Å². The van der Waals surface area contributed by atoms with Crippen molar-refractivity contribution in [3.05, 3.63) is 17.5 Å². The number of nitrogens with zero attached hydrogens (tertiary/aromatic N) is 1. The Kier molecular flexibility index (Phi) is 4.01. The van der Waals surface area contributed by atoms with Crippen LogP contribution in [0.15, 0.2) is 6.07 Å². The highest BCUT2D eigenvalue weighted by Crippen LogP contribution is 2.31. The number of aromatic nitrogens is 1. The Hall–Kier alpha value is -0.980. The van der Waals surface area contributed by atoms with Gasteiger partial charge in [-0.2, -0.15) is 0 Å². The van der Waals surface area contributed by atoms with Crippen molar-refractivity contribution < 1.29 is 22.6 Å². The predicted octanol–water partition coefficient (Wildman–Crippen LogP) is 3.19. The maximum Gasteiger partial charge on any atom is 0.573 e. The molecule has 0 aromatic carbocycles. The van der Waals surface area contributed by atoms with Gasteiger partial charge in [-0.15, -0.1) is 13.2 Å². The zero-order valence-electron chi connectivity index (χ0n) is 8.56. The minimum absolute atomic E-state index is 0.160. The van der Waals surface area contributed by atoms with Gasteiger partial charge in [0.15, 0.2) is 5.75 Å². The quantitative estimate of drug-likeness (QED) is 0.803. The lowest BCUT2D eigenvalue weighted by Gasteiger charge is -2.13. The van der Waals surface area contributed by atoms with E-state index in [1.807, 2.05) is 0 Å². The van der Waals surface area contributed by atoms with Gasteiger partial charge in [-0.25, -0.2) is 4.98 Å². The number of rotatable bonds is 3. The largest absolute Gasteiger partial charge is 0.573 e. The first kappa shape index (κ1) is 13.1. The van der Waals surface area contributed by atoms with Crippen LogP contribution in [0.4, 0.5) is 13.2 Å². The van der Waals surface area contributed by atoms with E-state index < -0.39 is 6.36 Å². The Morgan fingerprint density at radius 3 is 2.44 bits per heavy atom. The second-order valence-corrected chi connectivity index (χ2v) is 3.46. The van der Waals surface area contributed by atoms with E-state index in [-0.39, 0.29) is 17.2 Å². The smallest absolute Gasteiger partial charge is 0.495 e. The van der Waals surface area contributed by atoms with Crippen LogP contribution in [-0.4, -0.2) is 18.5 Å². The van der Waals surface area contributed by atoms with Crippen molar-refractivity contribution in [2.24, 2.45) is 0 Å². The average Bonchev–Trinajstić information content (AvgIpc) is 2.18. The molecule has 0 fully saturated rings. The van der Waals surface area contributed by atoms with E-state index >= 15 is 0 Å². The molecule has 0 saturated carbocycles. The predicted molar refractivity (Wildman–Crippen MR) is 54.8 cm³/mol. The van der Waals surface area contributed by atoms with Crippen molar-refractivity contribution in [1.29, 1.82) is 0 Å². The molecule has 3 nitrogen and oxygen atoms in total. The summed E-state index contributed by atoms with van der Waals surface area (Å²) in [4.78, 5) is 3.95. The molecule has 0 aliphatic heterocycles. The lowest BCUT2D eigenvalue weighted by Crippen LogP contribution is -2.18. The molecule has 0 spiro atoms. The van der Waals surface area contributed by atoms with Gasteiger partial charge >= 0.3 is 6.36 Å². The van der Waals surface area contributed by atoms with E-state index in [9.17, 15) is 13.2 Å². The van der Waals surface area contributed by atoms with Gasteiger partial charge in [0.05, 0.1) is 18.5 Å². The Bertz CT molecular complexity index is 382. The molecular weight excluding hydrogens is 291 g/mol. The van der Waals surface area contributed by atoms with E-state index in [0.717, 1.165) is 0 Å². The summed E-state index contributed by atoms with van der Waals surface area (Å²) in [6, 6.07) is 1.17. The molecule has 0 aliphatic carbocycles. The van der Waals surface area contributed by atoms with Gasteiger partial charge in [-0.05, 0) is 6.92 Å². The average molecular weight is 300 g/mol. The van der Waals surface area contributed by atoms with Gasteiger partial charge in [0, 0.05) is 11.4 Å². The lowest BCUT2D eigenvalue weighted by atomic mass is 10.3. The van der Waals surface area contributed by atoms with Gasteiger partial charge in [-0.3, -0.25) is 0 Å². The second-order valence-electron chi connectivity index (χ2n) is 2.90. The van der Waals surface area contributed by atoms with Crippen molar-refractivity contribution in [2.75, 3.05) is 7.11 Å². The molecule has 1 aromatic rings. The van der Waals surface area contributed by atoms with Crippen LogP contribution in [0.1, 0.15) is 11.4 Å². The van der Waals surface area contributed by atoms with Crippen LogP contribution in [0.3, 0.4) is 0 Å². The Morgan fingerprint density at radius 2 is 2.00 bits per heavy atom. The molecule has 0 N–H and O–H groups in total. The summed E-state index contributed by atoms with van der Waals surface area (Å²) >= 11 is 3.16. The van der Waals surface area contributed by atoms with Crippen molar-refractivity contribution in [1.82, 2.24) is 4.98 Å². The van der Waals surface area contributed by atoms with Gasteiger partial charge in [0.25, 0.3) is 0 Å². The minimum atomic E-state index is -4.73. The third kappa shape index (κ3) is 3.26. The summed E-state index contributed by atoms with van der Waals surface area (Å²) in [7, 11) is 1.36. The highest BCUT2D eigenvalue weighted by molar-refractivity contribution is 9.08. The first-order chi connectivity index (χ1) is 7.37. The summed E-state index contributed by atoms with van der Waals surface area (Å²) in [5, 5.41) is 0.392. The van der Waals surface area contributed by atoms with Gasteiger partial charge < -0.3 is 9.47 Å². The van der Waals surface area contributed by atoms with E-state index in [4.69, 9.17) is 4.74 Å². The van der Waals surface area contributed by atoms with Crippen LogP contribution in [-0.2, 0) is 5.33 Å². The van der Waals surface area contributed by atoms with Gasteiger partial charge in [0.2, 0.25) is 0 Å². The van der Waals surface area contributed by atoms with E-state index in [1.54, 1.807) is 0 Å². The molecule has 1 rings (SSSR count). The van der Waals surface area contributed by atoms with Crippen LogP contribution in [0, 0.1) is 6.92 Å². The number of alkyl halides is 4. The molecule has 1 aromatic heterocycles. The maximum absolute atomic E-state index is 12.0. The summed E-state index contributed by atoms with van der Waals surface area (Å²) in [6.07, 6.45) is -4.73. The zero-order chi connectivity index (χ0) is 12.3. The minimum Gasteiger partial charge on any atom is -0.495 e. The Labute approximate surface area is 98.7 Å². The van der Waals surface area contributed by atoms with E-state index in [2.05, 4.69) is 25.7 Å². The topological polar surface area (TPSA) is 31.4 Å². The highest BCUT2D eigenvalue weighted by atomic mass is 79.9. The summed E-state index contributed by atoms with van der Waals surface area (Å²) < 4.78 is 44.8. The van der Waals surface area contributed by atoms with Crippen molar-refractivity contribution in [3.63, 3.8) is 0 Å². The Morgan fingerprint density at radius 1 is 1.38 bits per heavy atom. The van der Waals surface area contributed by atoms with Crippen LogP contribution < -0.4 is 9.47 Å². The molecule has 16 heavy (non-hydrogen) atoms. The number of pyridine rings is 1. The van der Waals surface area contributed by atoms with Crippen LogP contribution in [0.25, 0.3) is 0 Å². The monoisotopic (exact) mass is 299 g/mol. The lowest BCUT2D eigenvalue weighted by molar-refractivity contribution is -0.275. The molecule has 0 saturated heterocycles. The summed E-state index contributed by atoms with van der Waals surface area (Å²) in [5.74, 6) is -0.101. The normalized spacial score (nSPS) is 11.4. The third-order valence-electron chi connectivity index (χ3n) is 1.78. The SMILES string of the molecule is COc1cc(OC(F)(F)F)c(C)nc1CBr. The summed E-state index contributed by atoms with van der Waals surface area (Å²) in [5.41, 5.74) is 0.682. The van der Waals surface area contributed by atoms with Crippen LogP contribution >= 0.6 is 15.9 Å². The van der Waals surface area contributed by atoms with Crippen molar-refractivity contribution >= 4 is 15.9 Å². The molecule has 0 aliphatic rings. The number of ether oxygens (including phenoxy) is 2. The number of methoxy groups -OCH3 is 1. The van der Waals surface area contributed by atoms with Gasteiger partial charge in [0.1, 0.15) is 5.75 Å².